The summed E-state index contributed by atoms with van der Waals surface area (Å²) in [7, 11) is 1.57. The van der Waals surface area contributed by atoms with Crippen molar-refractivity contribution in [1.29, 1.82) is 0 Å². The average molecular weight is 383 g/mol. The third-order valence-electron chi connectivity index (χ3n) is 3.85. The number of nitrogens with zero attached hydrogens (tertiary/aromatic N) is 2. The van der Waals surface area contributed by atoms with E-state index in [0.717, 1.165) is 6.42 Å². The van der Waals surface area contributed by atoms with Crippen LogP contribution in [0.5, 0.6) is 5.75 Å². The van der Waals surface area contributed by atoms with Gasteiger partial charge in [0.05, 0.1) is 25.2 Å². The monoisotopic (exact) mass is 382 g/mol. The SMILES string of the molecule is COc1ccc(Cl)cc1Nc1cnc(C(=O)NCCc2ccccc2)cn1. The lowest BCUT2D eigenvalue weighted by molar-refractivity contribution is 0.0949. The van der Waals surface area contributed by atoms with E-state index in [0.29, 0.717) is 28.8 Å². The fourth-order valence-corrected chi connectivity index (χ4v) is 2.65. The second-order valence-corrected chi connectivity index (χ2v) is 6.18. The normalized spacial score (nSPS) is 10.3. The number of hydrogen-bond donors (Lipinski definition) is 2. The molecule has 6 nitrogen and oxygen atoms in total. The summed E-state index contributed by atoms with van der Waals surface area (Å²) in [6.45, 7) is 0.532. The van der Waals surface area contributed by atoms with E-state index in [2.05, 4.69) is 20.6 Å². The van der Waals surface area contributed by atoms with Gasteiger partial charge in [-0.15, -0.1) is 0 Å². The first-order chi connectivity index (χ1) is 13.2. The maximum absolute atomic E-state index is 12.2. The zero-order chi connectivity index (χ0) is 19.1. The molecule has 2 N–H and O–H groups in total. The summed E-state index contributed by atoms with van der Waals surface area (Å²) in [5.41, 5.74) is 2.09. The first kappa shape index (κ1) is 18.7. The molecule has 0 aliphatic rings. The highest BCUT2D eigenvalue weighted by molar-refractivity contribution is 6.31. The summed E-state index contributed by atoms with van der Waals surface area (Å²) in [5.74, 6) is 0.852. The van der Waals surface area contributed by atoms with E-state index in [-0.39, 0.29) is 11.6 Å². The van der Waals surface area contributed by atoms with Gasteiger partial charge < -0.3 is 15.4 Å². The van der Waals surface area contributed by atoms with Gasteiger partial charge in [0, 0.05) is 11.6 Å². The highest BCUT2D eigenvalue weighted by Gasteiger charge is 2.09. The Hall–Kier alpha value is -3.12. The fourth-order valence-electron chi connectivity index (χ4n) is 2.48. The van der Waals surface area contributed by atoms with Gasteiger partial charge in [0.25, 0.3) is 5.91 Å². The number of amides is 1. The molecular weight excluding hydrogens is 364 g/mol. The lowest BCUT2D eigenvalue weighted by Crippen LogP contribution is -2.26. The molecule has 1 heterocycles. The van der Waals surface area contributed by atoms with Gasteiger partial charge in [-0.2, -0.15) is 0 Å². The topological polar surface area (TPSA) is 76.1 Å². The highest BCUT2D eigenvalue weighted by Crippen LogP contribution is 2.29. The third-order valence-corrected chi connectivity index (χ3v) is 4.09. The second kappa shape index (κ2) is 9.00. The van der Waals surface area contributed by atoms with Gasteiger partial charge in [-0.25, -0.2) is 9.97 Å². The molecule has 0 bridgehead atoms. The number of ether oxygens (including phenoxy) is 1. The number of hydrogen-bond acceptors (Lipinski definition) is 5. The van der Waals surface area contributed by atoms with Crippen LogP contribution in [0.4, 0.5) is 11.5 Å². The number of carbonyl (C=O) groups excluding carboxylic acids is 1. The number of methoxy groups -OCH3 is 1. The summed E-state index contributed by atoms with van der Waals surface area (Å²) in [4.78, 5) is 20.6. The Morgan fingerprint density at radius 3 is 2.63 bits per heavy atom. The highest BCUT2D eigenvalue weighted by atomic mass is 35.5. The molecule has 0 saturated carbocycles. The van der Waals surface area contributed by atoms with Crippen molar-refractivity contribution in [3.05, 3.63) is 77.2 Å². The molecule has 0 fully saturated rings. The van der Waals surface area contributed by atoms with Gasteiger partial charge >= 0.3 is 0 Å². The number of benzene rings is 2. The molecule has 27 heavy (non-hydrogen) atoms. The Balaban J connectivity index is 1.58. The van der Waals surface area contributed by atoms with Gasteiger partial charge in [-0.3, -0.25) is 4.79 Å². The molecular formula is C20H19ClN4O2. The standard InChI is InChI=1S/C20H19ClN4O2/c1-27-18-8-7-15(21)11-16(18)25-19-13-23-17(12-24-19)20(26)22-10-9-14-5-3-2-4-6-14/h2-8,11-13H,9-10H2,1H3,(H,22,26)(H,24,25). The van der Waals surface area contributed by atoms with Crippen LogP contribution in [0, 0.1) is 0 Å². The van der Waals surface area contributed by atoms with Crippen LogP contribution >= 0.6 is 11.6 Å². The Morgan fingerprint density at radius 1 is 1.11 bits per heavy atom. The molecule has 0 radical (unpaired) electrons. The second-order valence-electron chi connectivity index (χ2n) is 5.75. The first-order valence-corrected chi connectivity index (χ1v) is 8.78. The Kier molecular flexibility index (Phi) is 6.22. The molecule has 2 aromatic carbocycles. The number of rotatable bonds is 7. The zero-order valence-corrected chi connectivity index (χ0v) is 15.5. The minimum atomic E-state index is -0.259. The van der Waals surface area contributed by atoms with Crippen molar-refractivity contribution in [2.24, 2.45) is 0 Å². The van der Waals surface area contributed by atoms with Crippen LogP contribution in [0.1, 0.15) is 16.1 Å². The number of anilines is 2. The molecule has 0 atom stereocenters. The molecule has 3 rings (SSSR count). The van der Waals surface area contributed by atoms with Crippen LogP contribution in [0.15, 0.2) is 60.9 Å². The maximum Gasteiger partial charge on any atom is 0.271 e. The number of nitrogens with one attached hydrogen (secondary N) is 2. The summed E-state index contributed by atoms with van der Waals surface area (Å²) in [5, 5.41) is 6.49. The molecule has 1 aromatic heterocycles. The van der Waals surface area contributed by atoms with Crippen LogP contribution in [-0.4, -0.2) is 29.5 Å². The minimum absolute atomic E-state index is 0.256. The lowest BCUT2D eigenvalue weighted by Gasteiger charge is -2.11. The Bertz CT molecular complexity index is 902. The predicted octanol–water partition coefficient (Wildman–Crippen LogP) is 3.85. The minimum Gasteiger partial charge on any atom is -0.495 e. The van der Waals surface area contributed by atoms with Crippen molar-refractivity contribution in [3.8, 4) is 5.75 Å². The predicted molar refractivity (Wildman–Crippen MR) is 106 cm³/mol. The quantitative estimate of drug-likeness (QED) is 0.649. The van der Waals surface area contributed by atoms with Crippen LogP contribution in [0.3, 0.4) is 0 Å². The van der Waals surface area contributed by atoms with Gasteiger partial charge in [0.1, 0.15) is 17.3 Å². The molecule has 0 unspecified atom stereocenters. The summed E-state index contributed by atoms with van der Waals surface area (Å²) >= 11 is 6.02. The van der Waals surface area contributed by atoms with Gasteiger partial charge in [-0.1, -0.05) is 41.9 Å². The number of aromatic nitrogens is 2. The first-order valence-electron chi connectivity index (χ1n) is 8.40. The van der Waals surface area contributed by atoms with Crippen molar-refractivity contribution in [2.45, 2.75) is 6.42 Å². The van der Waals surface area contributed by atoms with Crippen LogP contribution in [0.25, 0.3) is 0 Å². The van der Waals surface area contributed by atoms with Crippen molar-refractivity contribution in [3.63, 3.8) is 0 Å². The Labute approximate surface area is 162 Å². The maximum atomic E-state index is 12.2. The number of halogens is 1. The molecule has 1 amide bonds. The van der Waals surface area contributed by atoms with E-state index in [4.69, 9.17) is 16.3 Å². The molecule has 3 aromatic rings. The summed E-state index contributed by atoms with van der Waals surface area (Å²) in [6.07, 6.45) is 3.68. The van der Waals surface area contributed by atoms with E-state index in [1.807, 2.05) is 30.3 Å². The summed E-state index contributed by atoms with van der Waals surface area (Å²) < 4.78 is 5.28. The van der Waals surface area contributed by atoms with Crippen molar-refractivity contribution >= 4 is 29.0 Å². The van der Waals surface area contributed by atoms with E-state index < -0.39 is 0 Å². The smallest absolute Gasteiger partial charge is 0.271 e. The zero-order valence-electron chi connectivity index (χ0n) is 14.8. The number of carbonyl (C=O) groups is 1. The van der Waals surface area contributed by atoms with Crippen molar-refractivity contribution < 1.29 is 9.53 Å². The van der Waals surface area contributed by atoms with E-state index >= 15 is 0 Å². The van der Waals surface area contributed by atoms with E-state index in [1.165, 1.54) is 18.0 Å². The van der Waals surface area contributed by atoms with Crippen LogP contribution < -0.4 is 15.4 Å². The van der Waals surface area contributed by atoms with E-state index in [1.54, 1.807) is 25.3 Å². The summed E-state index contributed by atoms with van der Waals surface area (Å²) in [6, 6.07) is 15.2. The molecule has 0 spiro atoms. The molecule has 7 heteroatoms. The van der Waals surface area contributed by atoms with Gasteiger partial charge in [0.15, 0.2) is 0 Å². The van der Waals surface area contributed by atoms with Crippen LogP contribution in [-0.2, 0) is 6.42 Å². The Morgan fingerprint density at radius 2 is 1.93 bits per heavy atom. The van der Waals surface area contributed by atoms with Crippen molar-refractivity contribution in [2.75, 3.05) is 19.0 Å². The third kappa shape index (κ3) is 5.18. The molecule has 0 saturated heterocycles. The molecule has 0 aliphatic carbocycles. The average Bonchev–Trinajstić information content (AvgIpc) is 2.69. The van der Waals surface area contributed by atoms with Crippen LogP contribution in [0.2, 0.25) is 5.02 Å². The molecule has 0 aliphatic heterocycles. The van der Waals surface area contributed by atoms with Gasteiger partial charge in [0.2, 0.25) is 0 Å². The molecule has 138 valence electrons. The lowest BCUT2D eigenvalue weighted by atomic mass is 10.1. The fraction of sp³-hybridized carbons (Fsp3) is 0.150. The largest absolute Gasteiger partial charge is 0.495 e. The van der Waals surface area contributed by atoms with Gasteiger partial charge in [-0.05, 0) is 30.2 Å². The van der Waals surface area contributed by atoms with E-state index in [9.17, 15) is 4.79 Å². The van der Waals surface area contributed by atoms with Crippen molar-refractivity contribution in [1.82, 2.24) is 15.3 Å².